The summed E-state index contributed by atoms with van der Waals surface area (Å²) in [6, 6.07) is 10.1. The lowest BCUT2D eigenvalue weighted by Crippen LogP contribution is -2.27. The van der Waals surface area contributed by atoms with Crippen molar-refractivity contribution < 1.29 is 8.42 Å². The van der Waals surface area contributed by atoms with Gasteiger partial charge >= 0.3 is 0 Å². The molecule has 0 fully saturated rings. The predicted octanol–water partition coefficient (Wildman–Crippen LogP) is 1.50. The van der Waals surface area contributed by atoms with Crippen LogP contribution in [0.1, 0.15) is 13.3 Å². The lowest BCUT2D eigenvalue weighted by molar-refractivity contribution is 0.592. The van der Waals surface area contributed by atoms with E-state index in [4.69, 9.17) is 11.0 Å². The zero-order chi connectivity index (χ0) is 15.5. The molecule has 2 rings (SSSR count). The van der Waals surface area contributed by atoms with E-state index in [1.807, 2.05) is 0 Å². The number of rotatable bonds is 5. The fourth-order valence-corrected chi connectivity index (χ4v) is 2.96. The van der Waals surface area contributed by atoms with Crippen molar-refractivity contribution in [2.75, 3.05) is 10.5 Å². The van der Waals surface area contributed by atoms with E-state index in [-0.39, 0.29) is 12.2 Å². The Morgan fingerprint density at radius 1 is 1.38 bits per heavy atom. The van der Waals surface area contributed by atoms with Gasteiger partial charge in [-0.2, -0.15) is 10.4 Å². The summed E-state index contributed by atoms with van der Waals surface area (Å²) in [5.41, 5.74) is 6.88. The molecule has 110 valence electrons. The number of nitriles is 1. The average Bonchev–Trinajstić information content (AvgIpc) is 2.88. The smallest absolute Gasteiger partial charge is 0.250 e. The van der Waals surface area contributed by atoms with Crippen molar-refractivity contribution >= 4 is 21.5 Å². The Morgan fingerprint density at radius 2 is 2.05 bits per heavy atom. The van der Waals surface area contributed by atoms with Crippen molar-refractivity contribution in [3.8, 4) is 11.8 Å². The van der Waals surface area contributed by atoms with Crippen LogP contribution in [0.3, 0.4) is 0 Å². The van der Waals surface area contributed by atoms with E-state index in [0.29, 0.717) is 11.4 Å². The number of hydrogen-bond donors (Lipinski definition) is 2. The molecule has 1 aromatic heterocycles. The normalized spacial score (nSPS) is 12.6. The zero-order valence-corrected chi connectivity index (χ0v) is 12.2. The van der Waals surface area contributed by atoms with E-state index in [1.54, 1.807) is 37.3 Å². The number of benzene rings is 1. The van der Waals surface area contributed by atoms with Crippen molar-refractivity contribution in [3.63, 3.8) is 0 Å². The molecule has 1 aromatic carbocycles. The fraction of sp³-hybridized carbons (Fsp3) is 0.231. The van der Waals surface area contributed by atoms with Gasteiger partial charge in [0.25, 0.3) is 0 Å². The van der Waals surface area contributed by atoms with Crippen LogP contribution in [0.15, 0.2) is 36.5 Å². The predicted molar refractivity (Wildman–Crippen MR) is 80.2 cm³/mol. The Balaban J connectivity index is 2.34. The third-order valence-electron chi connectivity index (χ3n) is 2.92. The summed E-state index contributed by atoms with van der Waals surface area (Å²) in [4.78, 5) is 0. The number of nitrogens with zero attached hydrogens (tertiary/aromatic N) is 3. The Bertz CT molecular complexity index is 759. The highest BCUT2D eigenvalue weighted by Gasteiger charge is 2.24. The van der Waals surface area contributed by atoms with Crippen LogP contribution < -0.4 is 10.5 Å². The SMILES string of the molecule is CCC(C#N)S(=O)(=O)Nc1ccnn1-c1ccc(N)cc1. The molecular formula is C13H15N5O2S. The van der Waals surface area contributed by atoms with Gasteiger partial charge in [-0.15, -0.1) is 0 Å². The highest BCUT2D eigenvalue weighted by atomic mass is 32.2. The first kappa shape index (κ1) is 14.9. The Hall–Kier alpha value is -2.53. The van der Waals surface area contributed by atoms with E-state index in [0.717, 1.165) is 0 Å². The highest BCUT2D eigenvalue weighted by Crippen LogP contribution is 2.18. The van der Waals surface area contributed by atoms with Gasteiger partial charge in [-0.05, 0) is 30.7 Å². The second-order valence-electron chi connectivity index (χ2n) is 4.39. The first-order chi connectivity index (χ1) is 9.97. The molecule has 0 spiro atoms. The lowest BCUT2D eigenvalue weighted by atomic mass is 10.3. The van der Waals surface area contributed by atoms with Crippen LogP contribution in [-0.2, 0) is 10.0 Å². The molecule has 8 heteroatoms. The second-order valence-corrected chi connectivity index (χ2v) is 6.26. The van der Waals surface area contributed by atoms with E-state index in [2.05, 4.69) is 9.82 Å². The Morgan fingerprint density at radius 3 is 2.62 bits per heavy atom. The maximum atomic E-state index is 12.1. The zero-order valence-electron chi connectivity index (χ0n) is 11.4. The third kappa shape index (κ3) is 3.14. The monoisotopic (exact) mass is 305 g/mol. The number of nitrogen functional groups attached to an aromatic ring is 1. The van der Waals surface area contributed by atoms with Crippen LogP contribution in [0.2, 0.25) is 0 Å². The molecule has 0 aliphatic heterocycles. The molecule has 21 heavy (non-hydrogen) atoms. The molecule has 2 aromatic rings. The van der Waals surface area contributed by atoms with E-state index in [1.165, 1.54) is 16.9 Å². The number of nitrogens with two attached hydrogens (primary N) is 1. The minimum Gasteiger partial charge on any atom is -0.399 e. The molecular weight excluding hydrogens is 290 g/mol. The largest absolute Gasteiger partial charge is 0.399 e. The Labute approximate surface area is 123 Å². The molecule has 0 radical (unpaired) electrons. The van der Waals surface area contributed by atoms with Crippen LogP contribution in [0.4, 0.5) is 11.5 Å². The molecule has 3 N–H and O–H groups in total. The molecule has 1 heterocycles. The minimum atomic E-state index is -3.78. The van der Waals surface area contributed by atoms with Gasteiger partial charge in [0.05, 0.1) is 18.0 Å². The minimum absolute atomic E-state index is 0.210. The van der Waals surface area contributed by atoms with Crippen molar-refractivity contribution in [2.45, 2.75) is 18.6 Å². The maximum Gasteiger partial charge on any atom is 0.250 e. The number of nitrogens with one attached hydrogen (secondary N) is 1. The summed E-state index contributed by atoms with van der Waals surface area (Å²) in [5.74, 6) is 0.272. The molecule has 7 nitrogen and oxygen atoms in total. The molecule has 0 saturated heterocycles. The van der Waals surface area contributed by atoms with Crippen molar-refractivity contribution in [3.05, 3.63) is 36.5 Å². The lowest BCUT2D eigenvalue weighted by Gasteiger charge is -2.13. The molecule has 0 aliphatic carbocycles. The van der Waals surface area contributed by atoms with Gasteiger partial charge in [0.2, 0.25) is 10.0 Å². The summed E-state index contributed by atoms with van der Waals surface area (Å²) >= 11 is 0. The topological polar surface area (TPSA) is 114 Å². The van der Waals surface area contributed by atoms with Crippen LogP contribution in [0, 0.1) is 11.3 Å². The molecule has 1 atom stereocenters. The van der Waals surface area contributed by atoms with Gasteiger partial charge in [0.15, 0.2) is 5.25 Å². The van der Waals surface area contributed by atoms with Crippen LogP contribution >= 0.6 is 0 Å². The van der Waals surface area contributed by atoms with Crippen LogP contribution in [-0.4, -0.2) is 23.4 Å². The quantitative estimate of drug-likeness (QED) is 0.812. The Kier molecular flexibility index (Phi) is 4.14. The molecule has 0 amide bonds. The average molecular weight is 305 g/mol. The molecule has 0 saturated carbocycles. The highest BCUT2D eigenvalue weighted by molar-refractivity contribution is 7.93. The summed E-state index contributed by atoms with van der Waals surface area (Å²) < 4.78 is 28.0. The summed E-state index contributed by atoms with van der Waals surface area (Å²) in [5, 5.41) is 11.9. The first-order valence-corrected chi connectivity index (χ1v) is 7.83. The third-order valence-corrected chi connectivity index (χ3v) is 4.60. The van der Waals surface area contributed by atoms with E-state index in [9.17, 15) is 8.42 Å². The number of anilines is 2. The van der Waals surface area contributed by atoms with Crippen molar-refractivity contribution in [1.82, 2.24) is 9.78 Å². The van der Waals surface area contributed by atoms with E-state index >= 15 is 0 Å². The molecule has 0 aliphatic rings. The number of aromatic nitrogens is 2. The maximum absolute atomic E-state index is 12.1. The fourth-order valence-electron chi connectivity index (χ4n) is 1.80. The first-order valence-electron chi connectivity index (χ1n) is 6.29. The number of sulfonamides is 1. The van der Waals surface area contributed by atoms with Gasteiger partial charge in [-0.25, -0.2) is 13.1 Å². The van der Waals surface area contributed by atoms with Gasteiger partial charge in [-0.3, -0.25) is 4.72 Å². The van der Waals surface area contributed by atoms with Gasteiger partial charge in [0, 0.05) is 11.8 Å². The van der Waals surface area contributed by atoms with Crippen molar-refractivity contribution in [2.24, 2.45) is 0 Å². The standard InChI is InChI=1S/C13H15N5O2S/c1-2-12(9-14)21(19,20)17-13-7-8-16-18(13)11-5-3-10(15)4-6-11/h3-8,12,17H,2,15H2,1H3. The summed E-state index contributed by atoms with van der Waals surface area (Å²) in [6.45, 7) is 1.64. The molecule has 0 bridgehead atoms. The van der Waals surface area contributed by atoms with Gasteiger partial charge in [0.1, 0.15) is 5.82 Å². The summed E-state index contributed by atoms with van der Waals surface area (Å²) in [6.07, 6.45) is 1.68. The van der Waals surface area contributed by atoms with Gasteiger partial charge in [-0.1, -0.05) is 6.92 Å². The van der Waals surface area contributed by atoms with Crippen molar-refractivity contribution in [1.29, 1.82) is 5.26 Å². The van der Waals surface area contributed by atoms with Gasteiger partial charge < -0.3 is 5.73 Å². The van der Waals surface area contributed by atoms with Crippen LogP contribution in [0.25, 0.3) is 5.69 Å². The second kappa shape index (κ2) is 5.85. The van der Waals surface area contributed by atoms with Crippen LogP contribution in [0.5, 0.6) is 0 Å². The summed E-state index contributed by atoms with van der Waals surface area (Å²) in [7, 11) is -3.78. The molecule has 1 unspecified atom stereocenters. The number of hydrogen-bond acceptors (Lipinski definition) is 5. The van der Waals surface area contributed by atoms with E-state index < -0.39 is 15.3 Å².